The zero-order valence-corrected chi connectivity index (χ0v) is 13.2. The number of hydrogen-bond acceptors (Lipinski definition) is 4. The van der Waals surface area contributed by atoms with E-state index in [1.165, 1.54) is 0 Å². The molecule has 0 aliphatic rings. The van der Waals surface area contributed by atoms with Crippen LogP contribution in [0.2, 0.25) is 0 Å². The molecule has 0 spiro atoms. The molecule has 0 saturated heterocycles. The van der Waals surface area contributed by atoms with Gasteiger partial charge in [-0.3, -0.25) is 14.5 Å². The van der Waals surface area contributed by atoms with Crippen LogP contribution in [0, 0.1) is 0 Å². The largest absolute Gasteiger partial charge is 0.394 e. The van der Waals surface area contributed by atoms with E-state index in [9.17, 15) is 9.90 Å². The molecule has 118 valence electrons. The number of amides is 1. The molecule has 1 amide bonds. The van der Waals surface area contributed by atoms with E-state index in [0.717, 1.165) is 11.1 Å². The molecular formula is C16H22N4O2. The number of aryl methyl sites for hydroxylation is 1. The SMILES string of the molecule is CC(C)c1ccc(C(=O)NC(CO)Cc2cnn(C)c2)nc1. The monoisotopic (exact) mass is 302 g/mol. The van der Waals surface area contributed by atoms with Gasteiger partial charge in [0.05, 0.1) is 18.8 Å². The zero-order valence-electron chi connectivity index (χ0n) is 13.2. The van der Waals surface area contributed by atoms with E-state index in [4.69, 9.17) is 0 Å². The number of nitrogens with zero attached hydrogens (tertiary/aromatic N) is 3. The summed E-state index contributed by atoms with van der Waals surface area (Å²) in [6.07, 6.45) is 5.84. The minimum atomic E-state index is -0.358. The third kappa shape index (κ3) is 4.14. The van der Waals surface area contributed by atoms with E-state index in [1.54, 1.807) is 23.1 Å². The molecule has 0 fully saturated rings. The Kier molecular flexibility index (Phi) is 5.27. The molecule has 0 aliphatic carbocycles. The van der Waals surface area contributed by atoms with Gasteiger partial charge in [0.25, 0.3) is 5.91 Å². The molecule has 0 aliphatic heterocycles. The molecule has 2 aromatic rings. The van der Waals surface area contributed by atoms with Gasteiger partial charge in [-0.25, -0.2) is 0 Å². The number of aliphatic hydroxyl groups is 1. The number of pyridine rings is 1. The van der Waals surface area contributed by atoms with Crippen LogP contribution in [0.15, 0.2) is 30.7 Å². The highest BCUT2D eigenvalue weighted by Gasteiger charge is 2.15. The summed E-state index contributed by atoms with van der Waals surface area (Å²) in [7, 11) is 1.83. The topological polar surface area (TPSA) is 80.0 Å². The molecule has 2 aromatic heterocycles. The van der Waals surface area contributed by atoms with Gasteiger partial charge in [-0.05, 0) is 29.5 Å². The average Bonchev–Trinajstić information content (AvgIpc) is 2.91. The predicted molar refractivity (Wildman–Crippen MR) is 83.6 cm³/mol. The van der Waals surface area contributed by atoms with E-state index >= 15 is 0 Å². The lowest BCUT2D eigenvalue weighted by atomic mass is 10.1. The van der Waals surface area contributed by atoms with Crippen LogP contribution < -0.4 is 5.32 Å². The molecule has 1 atom stereocenters. The van der Waals surface area contributed by atoms with Crippen LogP contribution in [0.1, 0.15) is 41.4 Å². The molecule has 0 radical (unpaired) electrons. The summed E-state index contributed by atoms with van der Waals surface area (Å²) in [5.41, 5.74) is 2.41. The molecular weight excluding hydrogens is 280 g/mol. The highest BCUT2D eigenvalue weighted by atomic mass is 16.3. The third-order valence-electron chi connectivity index (χ3n) is 3.48. The van der Waals surface area contributed by atoms with E-state index in [1.807, 2.05) is 19.3 Å². The second-order valence-corrected chi connectivity index (χ2v) is 5.71. The number of rotatable bonds is 6. The van der Waals surface area contributed by atoms with Crippen LogP contribution >= 0.6 is 0 Å². The summed E-state index contributed by atoms with van der Waals surface area (Å²) >= 11 is 0. The third-order valence-corrected chi connectivity index (χ3v) is 3.48. The predicted octanol–water partition coefficient (Wildman–Crippen LogP) is 1.27. The quantitative estimate of drug-likeness (QED) is 0.842. The molecule has 2 rings (SSSR count). The van der Waals surface area contributed by atoms with Gasteiger partial charge in [0.15, 0.2) is 0 Å². The van der Waals surface area contributed by atoms with Crippen LogP contribution in [-0.2, 0) is 13.5 Å². The second kappa shape index (κ2) is 7.17. The van der Waals surface area contributed by atoms with Gasteiger partial charge in [0, 0.05) is 19.4 Å². The zero-order chi connectivity index (χ0) is 16.1. The van der Waals surface area contributed by atoms with E-state index < -0.39 is 0 Å². The molecule has 22 heavy (non-hydrogen) atoms. The molecule has 0 aromatic carbocycles. The molecule has 2 heterocycles. The van der Waals surface area contributed by atoms with Gasteiger partial charge >= 0.3 is 0 Å². The Morgan fingerprint density at radius 2 is 2.14 bits per heavy atom. The van der Waals surface area contributed by atoms with Crippen molar-refractivity contribution in [1.82, 2.24) is 20.1 Å². The Hall–Kier alpha value is -2.21. The van der Waals surface area contributed by atoms with Crippen LogP contribution in [0.3, 0.4) is 0 Å². The Labute approximate surface area is 130 Å². The van der Waals surface area contributed by atoms with Crippen molar-refractivity contribution in [3.05, 3.63) is 47.5 Å². The fourth-order valence-corrected chi connectivity index (χ4v) is 2.16. The maximum atomic E-state index is 12.2. The molecule has 0 saturated carbocycles. The lowest BCUT2D eigenvalue weighted by Gasteiger charge is -2.15. The molecule has 2 N–H and O–H groups in total. The van der Waals surface area contributed by atoms with Gasteiger partial charge in [0.2, 0.25) is 0 Å². The number of carbonyl (C=O) groups is 1. The summed E-state index contributed by atoms with van der Waals surface area (Å²) in [5, 5.41) is 16.3. The van der Waals surface area contributed by atoms with Crippen LogP contribution in [0.4, 0.5) is 0 Å². The van der Waals surface area contributed by atoms with E-state index in [-0.39, 0.29) is 18.6 Å². The standard InChI is InChI=1S/C16H22N4O2/c1-11(2)13-4-5-15(17-8-13)16(22)19-14(10-21)6-12-7-18-20(3)9-12/h4-5,7-9,11,14,21H,6,10H2,1-3H3,(H,19,22). The summed E-state index contributed by atoms with van der Waals surface area (Å²) < 4.78 is 1.69. The van der Waals surface area contributed by atoms with Crippen molar-refractivity contribution in [2.75, 3.05) is 6.61 Å². The lowest BCUT2D eigenvalue weighted by Crippen LogP contribution is -2.39. The van der Waals surface area contributed by atoms with Crippen molar-refractivity contribution in [1.29, 1.82) is 0 Å². The number of aliphatic hydroxyl groups excluding tert-OH is 1. The minimum Gasteiger partial charge on any atom is -0.394 e. The van der Waals surface area contributed by atoms with Gasteiger partial charge in [0.1, 0.15) is 5.69 Å². The summed E-state index contributed by atoms with van der Waals surface area (Å²) in [6, 6.07) is 3.26. The first-order valence-corrected chi connectivity index (χ1v) is 7.34. The first-order chi connectivity index (χ1) is 10.5. The van der Waals surface area contributed by atoms with Crippen LogP contribution in [0.25, 0.3) is 0 Å². The number of carbonyl (C=O) groups excluding carboxylic acids is 1. The van der Waals surface area contributed by atoms with Gasteiger partial charge in [-0.15, -0.1) is 0 Å². The number of nitrogens with one attached hydrogen (secondary N) is 1. The van der Waals surface area contributed by atoms with Crippen LogP contribution in [0.5, 0.6) is 0 Å². The minimum absolute atomic E-state index is 0.134. The molecule has 0 bridgehead atoms. The fraction of sp³-hybridized carbons (Fsp3) is 0.438. The van der Waals surface area contributed by atoms with E-state index in [0.29, 0.717) is 18.0 Å². The van der Waals surface area contributed by atoms with Gasteiger partial charge in [-0.2, -0.15) is 5.10 Å². The Balaban J connectivity index is 1.99. The molecule has 1 unspecified atom stereocenters. The average molecular weight is 302 g/mol. The number of hydrogen-bond donors (Lipinski definition) is 2. The van der Waals surface area contributed by atoms with Crippen molar-refractivity contribution in [3.63, 3.8) is 0 Å². The highest BCUT2D eigenvalue weighted by molar-refractivity contribution is 5.92. The Morgan fingerprint density at radius 3 is 2.64 bits per heavy atom. The molecule has 6 nitrogen and oxygen atoms in total. The fourth-order valence-electron chi connectivity index (χ4n) is 2.16. The highest BCUT2D eigenvalue weighted by Crippen LogP contribution is 2.12. The maximum Gasteiger partial charge on any atom is 0.270 e. The van der Waals surface area contributed by atoms with Crippen molar-refractivity contribution < 1.29 is 9.90 Å². The first-order valence-electron chi connectivity index (χ1n) is 7.34. The number of aromatic nitrogens is 3. The van der Waals surface area contributed by atoms with Crippen molar-refractivity contribution in [3.8, 4) is 0 Å². The Morgan fingerprint density at radius 1 is 1.36 bits per heavy atom. The lowest BCUT2D eigenvalue weighted by molar-refractivity contribution is 0.0911. The summed E-state index contributed by atoms with van der Waals surface area (Å²) in [5.74, 6) is 0.0960. The van der Waals surface area contributed by atoms with Crippen LogP contribution in [-0.4, -0.2) is 38.4 Å². The van der Waals surface area contributed by atoms with Gasteiger partial charge < -0.3 is 10.4 Å². The summed E-state index contributed by atoms with van der Waals surface area (Å²) in [4.78, 5) is 16.4. The van der Waals surface area contributed by atoms with Gasteiger partial charge in [-0.1, -0.05) is 19.9 Å². The normalized spacial score (nSPS) is 12.4. The van der Waals surface area contributed by atoms with E-state index in [2.05, 4.69) is 29.2 Å². The smallest absolute Gasteiger partial charge is 0.270 e. The van der Waals surface area contributed by atoms with Crippen molar-refractivity contribution in [2.24, 2.45) is 7.05 Å². The first kappa shape index (κ1) is 16.2. The summed E-state index contributed by atoms with van der Waals surface area (Å²) in [6.45, 7) is 4.02. The Bertz CT molecular complexity index is 619. The van der Waals surface area contributed by atoms with Crippen molar-refractivity contribution in [2.45, 2.75) is 32.2 Å². The molecule has 6 heteroatoms. The second-order valence-electron chi connectivity index (χ2n) is 5.71. The maximum absolute atomic E-state index is 12.2. The van der Waals surface area contributed by atoms with Crippen molar-refractivity contribution >= 4 is 5.91 Å².